The Labute approximate surface area is 650 Å². The highest BCUT2D eigenvalue weighted by molar-refractivity contribution is 6.20. The normalized spacial score (nSPS) is 28.1. The number of alkyl halides is 1. The molecule has 618 valence electrons. The van der Waals surface area contributed by atoms with Crippen molar-refractivity contribution < 1.29 is 77.2 Å². The molecule has 0 bridgehead atoms. The number of piperidine rings is 1. The first kappa shape index (κ1) is 94.1. The smallest absolute Gasteiger partial charge is 0.248 e. The summed E-state index contributed by atoms with van der Waals surface area (Å²) in [5, 5.41) is 33.0. The topological polar surface area (TPSA) is 338 Å². The number of halogens is 1. The number of carbonyl (C=O) groups is 12. The number of carbonyl (C=O) groups excluding carboxylic acids is 12. The van der Waals surface area contributed by atoms with Crippen molar-refractivity contribution in [1.82, 2.24) is 60.5 Å². The lowest BCUT2D eigenvalue weighted by Crippen LogP contribution is -2.63. The summed E-state index contributed by atoms with van der Waals surface area (Å²) < 4.78 is 12.3. The van der Waals surface area contributed by atoms with Gasteiger partial charge in [-0.3, -0.25) is 57.5 Å². The molecule has 0 aromatic carbocycles. The summed E-state index contributed by atoms with van der Waals surface area (Å²) in [6, 6.07) is -13.6. The first-order chi connectivity index (χ1) is 50.5. The molecule has 28 nitrogen and oxygen atoms in total. The van der Waals surface area contributed by atoms with Crippen LogP contribution in [-0.2, 0) is 67.0 Å². The van der Waals surface area contributed by atoms with Crippen molar-refractivity contribution >= 4 is 82.5 Å². The molecule has 2 saturated heterocycles. The van der Waals surface area contributed by atoms with Crippen LogP contribution in [0.15, 0.2) is 0 Å². The van der Waals surface area contributed by atoms with Crippen LogP contribution in [-0.4, -0.2) is 293 Å². The molecule has 14 atom stereocenters. The molecule has 4 fully saturated rings. The monoisotopic (exact) mass is 1550 g/mol. The quantitative estimate of drug-likeness (QED) is 0.0649. The van der Waals surface area contributed by atoms with Gasteiger partial charge >= 0.3 is 0 Å². The Bertz CT molecular complexity index is 2960. The van der Waals surface area contributed by atoms with Crippen LogP contribution in [0, 0.1) is 35.5 Å². The highest BCUT2D eigenvalue weighted by Gasteiger charge is 2.46. The molecule has 2 aliphatic carbocycles. The fraction of sp³-hybridized carbons (Fsp3) is 0.848. The Morgan fingerprint density at radius 3 is 1.51 bits per heavy atom. The van der Waals surface area contributed by atoms with Gasteiger partial charge in [-0.25, -0.2) is 0 Å². The Morgan fingerprint density at radius 2 is 0.972 bits per heavy atom. The third-order valence-corrected chi connectivity index (χ3v) is 22.2. The maximum Gasteiger partial charge on any atom is 0.248 e. The molecule has 2 aliphatic heterocycles. The minimum atomic E-state index is -1.70. The maximum absolute atomic E-state index is 15.9. The Kier molecular flexibility index (Phi) is 39.0. The SMILES string of the molecule is CC(C)C[C@H]1C(=O)N[C@@H]([C@@H](C)O)C(=O)N(C)[C@@H](CC(C)C)C(=O)N(C)[C@@H](CC(C)C)C(=O)N[C@H](C(=O)N2CCCCC2)CC(=O)N(C)CCCC(=O)N(C)[C@@H](C(C)C)C(=O)NC(COCC[C@H](C)O)C(=O)N(C)[C@@H](CC2CCCCC2)C(=O)N(C)[C@@H](CC2CCCC(Cl)C2)C(=O)N[C@@H](COC(C)(C)C)C(=O)N1C. The van der Waals surface area contributed by atoms with Crippen molar-refractivity contribution in [2.24, 2.45) is 35.5 Å². The molecule has 0 aromatic rings. The van der Waals surface area contributed by atoms with Crippen molar-refractivity contribution in [1.29, 1.82) is 0 Å². The number of aliphatic hydroxyl groups excluding tert-OH is 2. The molecule has 12 amide bonds. The van der Waals surface area contributed by atoms with E-state index in [1.54, 1.807) is 46.4 Å². The summed E-state index contributed by atoms with van der Waals surface area (Å²) in [5.74, 6) is -9.52. The molecule has 6 N–H and O–H groups in total. The minimum absolute atomic E-state index is 0.00615. The van der Waals surface area contributed by atoms with Crippen molar-refractivity contribution in [2.45, 2.75) is 308 Å². The van der Waals surface area contributed by atoms with Crippen LogP contribution >= 0.6 is 11.6 Å². The number of nitrogens with zero attached hydrogens (tertiary/aromatic N) is 8. The van der Waals surface area contributed by atoms with E-state index in [9.17, 15) is 29.4 Å². The molecular weight excluding hydrogens is 1410 g/mol. The van der Waals surface area contributed by atoms with Crippen LogP contribution in [0.2, 0.25) is 0 Å². The number of nitrogens with one attached hydrogen (secondary N) is 4. The maximum atomic E-state index is 15.9. The second kappa shape index (κ2) is 44.7. The number of ether oxygens (including phenoxy) is 2. The first-order valence-corrected chi connectivity index (χ1v) is 40.5. The van der Waals surface area contributed by atoms with Gasteiger partial charge in [-0.2, -0.15) is 0 Å². The van der Waals surface area contributed by atoms with Gasteiger partial charge in [-0.15, -0.1) is 11.6 Å². The summed E-state index contributed by atoms with van der Waals surface area (Å²) in [6.07, 6.45) is 7.05. The summed E-state index contributed by atoms with van der Waals surface area (Å²) in [5.41, 5.74) is -0.879. The predicted octanol–water partition coefficient (Wildman–Crippen LogP) is 5.48. The van der Waals surface area contributed by atoms with Crippen molar-refractivity contribution in [3.8, 4) is 0 Å². The van der Waals surface area contributed by atoms with E-state index in [1.807, 2.05) is 41.5 Å². The molecular formula is C79H139ClN12O16. The third kappa shape index (κ3) is 29.1. The van der Waals surface area contributed by atoms with Crippen LogP contribution in [0.1, 0.15) is 225 Å². The number of hydrogen-bond acceptors (Lipinski definition) is 16. The summed E-state index contributed by atoms with van der Waals surface area (Å²) in [4.78, 5) is 192. The number of amides is 12. The van der Waals surface area contributed by atoms with E-state index in [4.69, 9.17) is 21.1 Å². The number of rotatable bonds is 20. The van der Waals surface area contributed by atoms with Gasteiger partial charge in [-0.1, -0.05) is 100 Å². The highest BCUT2D eigenvalue weighted by Crippen LogP contribution is 2.34. The van der Waals surface area contributed by atoms with Gasteiger partial charge in [0.15, 0.2) is 0 Å². The largest absolute Gasteiger partial charge is 0.393 e. The van der Waals surface area contributed by atoms with E-state index in [2.05, 4.69) is 21.3 Å². The number of likely N-dealkylation sites (N-methyl/N-ethyl adjacent to an activating group) is 6. The van der Waals surface area contributed by atoms with Gasteiger partial charge in [-0.05, 0) is 147 Å². The standard InChI is InChI=1S/C79H139ClN12O16/c1-48(2)39-60-69(97)81-57(75(103)92-36-25-22-26-37-92)45-66(96)85(14)35-28-33-65(95)91(20)68(51(7)8)72(100)83-58(46-107-38-34-52(9)93)73(101)89(18)64(43-54-29-23-21-24-30-54)77(105)88(17)62(44-55-31-27-32-56(80)42-55)70(98)82-59(47-108-79(11,12)13)74(102)86(15)61(40-49(3)4)71(99)84-67(53(10)94)78(106)90(19)63(41-50(5)6)76(104)87(60)16/h48-64,67-68,93-94H,21-47H2,1-20H3,(H,81,97)(H,82,98)(H,83,100)(H,84,99)/t52-,53+,55?,56?,57-,58?,59-,60-,61-,62-,63-,64-,67-,68-/m0/s1. The average molecular weight is 1550 g/mol. The fourth-order valence-electron chi connectivity index (χ4n) is 15.2. The van der Waals surface area contributed by atoms with Crippen molar-refractivity contribution in [3.05, 3.63) is 0 Å². The van der Waals surface area contributed by atoms with E-state index in [0.717, 1.165) is 56.3 Å². The number of likely N-dealkylation sites (tertiary alicyclic amines) is 1. The van der Waals surface area contributed by atoms with E-state index in [-0.39, 0.29) is 99.5 Å². The van der Waals surface area contributed by atoms with Gasteiger partial charge in [0.05, 0.1) is 37.4 Å². The number of aliphatic hydroxyl groups is 2. The second-order valence-corrected chi connectivity index (χ2v) is 34.7. The fourth-order valence-corrected chi connectivity index (χ4v) is 15.6. The summed E-state index contributed by atoms with van der Waals surface area (Å²) in [7, 11) is 10.2. The van der Waals surface area contributed by atoms with Gasteiger partial charge in [0.1, 0.15) is 60.4 Å². The number of hydrogen-bond donors (Lipinski definition) is 6. The first-order valence-electron chi connectivity index (χ1n) is 40.0. The van der Waals surface area contributed by atoms with Gasteiger partial charge < -0.3 is 80.2 Å². The van der Waals surface area contributed by atoms with Crippen LogP contribution in [0.5, 0.6) is 0 Å². The molecule has 2 heterocycles. The van der Waals surface area contributed by atoms with Gasteiger partial charge in [0, 0.05) is 87.4 Å². The lowest BCUT2D eigenvalue weighted by atomic mass is 9.83. The lowest BCUT2D eigenvalue weighted by Gasteiger charge is -2.40. The Hall–Kier alpha value is -6.23. The minimum Gasteiger partial charge on any atom is -0.393 e. The van der Waals surface area contributed by atoms with Crippen LogP contribution < -0.4 is 21.3 Å². The molecule has 0 aromatic heterocycles. The van der Waals surface area contributed by atoms with Crippen LogP contribution in [0.3, 0.4) is 0 Å². The third-order valence-electron chi connectivity index (χ3n) is 21.8. The second-order valence-electron chi connectivity index (χ2n) is 34.1. The molecule has 0 radical (unpaired) electrons. The predicted molar refractivity (Wildman–Crippen MR) is 414 cm³/mol. The van der Waals surface area contributed by atoms with Gasteiger partial charge in [0.2, 0.25) is 70.9 Å². The summed E-state index contributed by atoms with van der Waals surface area (Å²) >= 11 is 6.85. The van der Waals surface area contributed by atoms with E-state index in [0.29, 0.717) is 38.8 Å². The molecule has 29 heteroatoms. The van der Waals surface area contributed by atoms with Crippen LogP contribution in [0.4, 0.5) is 0 Å². The average Bonchev–Trinajstić information content (AvgIpc) is 0.811. The molecule has 3 unspecified atom stereocenters. The van der Waals surface area contributed by atoms with Crippen molar-refractivity contribution in [2.75, 3.05) is 88.8 Å². The molecule has 108 heavy (non-hydrogen) atoms. The zero-order chi connectivity index (χ0) is 81.4. The van der Waals surface area contributed by atoms with Crippen molar-refractivity contribution in [3.63, 3.8) is 0 Å². The molecule has 0 spiro atoms. The molecule has 2 saturated carbocycles. The summed E-state index contributed by atoms with van der Waals surface area (Å²) in [6.45, 7) is 22.8. The van der Waals surface area contributed by atoms with E-state index >= 15 is 38.4 Å². The highest BCUT2D eigenvalue weighted by atomic mass is 35.5. The zero-order valence-corrected chi connectivity index (χ0v) is 69.9. The molecule has 4 aliphatic rings. The zero-order valence-electron chi connectivity index (χ0n) is 69.1. The van der Waals surface area contributed by atoms with E-state index < -0.39 is 175 Å². The Balaban J connectivity index is 1.99. The Morgan fingerprint density at radius 1 is 0.500 bits per heavy atom. The van der Waals surface area contributed by atoms with E-state index in [1.165, 1.54) is 85.7 Å². The van der Waals surface area contributed by atoms with Gasteiger partial charge in [0.25, 0.3) is 0 Å². The lowest BCUT2D eigenvalue weighted by molar-refractivity contribution is -0.152. The molecule has 4 rings (SSSR count). The van der Waals surface area contributed by atoms with Crippen LogP contribution in [0.25, 0.3) is 0 Å².